The van der Waals surface area contributed by atoms with E-state index in [1.807, 2.05) is 48.5 Å². The van der Waals surface area contributed by atoms with Gasteiger partial charge in [0.15, 0.2) is 5.60 Å². The lowest BCUT2D eigenvalue weighted by molar-refractivity contribution is -0.136. The molecule has 1 aromatic heterocycles. The smallest absolute Gasteiger partial charge is 0.264 e. The summed E-state index contributed by atoms with van der Waals surface area (Å²) in [5, 5.41) is 11.9. The second-order valence-electron chi connectivity index (χ2n) is 6.39. The third-order valence-corrected chi connectivity index (χ3v) is 5.10. The van der Waals surface area contributed by atoms with Crippen molar-refractivity contribution in [3.63, 3.8) is 0 Å². The van der Waals surface area contributed by atoms with E-state index in [4.69, 9.17) is 11.6 Å². The van der Waals surface area contributed by atoms with Gasteiger partial charge in [-0.1, -0.05) is 48.0 Å². The van der Waals surface area contributed by atoms with Crippen LogP contribution in [0.1, 0.15) is 16.7 Å². The fraction of sp³-hybridized carbons (Fsp3) is 0.143. The molecule has 1 atom stereocenters. The van der Waals surface area contributed by atoms with Crippen LogP contribution in [0.3, 0.4) is 0 Å². The SMILES string of the molecule is O=C1N(Cc2ccccc2Cl)c2ccccc2C1(O)Cc1ccncc1. The van der Waals surface area contributed by atoms with E-state index < -0.39 is 5.60 Å². The first-order chi connectivity index (χ1) is 12.6. The predicted octanol–water partition coefficient (Wildman–Crippen LogP) is 3.71. The Bertz CT molecular complexity index is 961. The number of nitrogens with zero attached hydrogens (tertiary/aromatic N) is 2. The van der Waals surface area contributed by atoms with E-state index in [-0.39, 0.29) is 12.3 Å². The number of hydrogen-bond donors (Lipinski definition) is 1. The van der Waals surface area contributed by atoms with Crippen LogP contribution in [0.4, 0.5) is 5.69 Å². The van der Waals surface area contributed by atoms with Crippen molar-refractivity contribution in [1.29, 1.82) is 0 Å². The van der Waals surface area contributed by atoms with Gasteiger partial charge in [-0.2, -0.15) is 0 Å². The average molecular weight is 365 g/mol. The van der Waals surface area contributed by atoms with Crippen LogP contribution >= 0.6 is 11.6 Å². The molecule has 26 heavy (non-hydrogen) atoms. The Morgan fingerprint density at radius 1 is 1.00 bits per heavy atom. The first kappa shape index (κ1) is 16.8. The molecule has 0 saturated heterocycles. The largest absolute Gasteiger partial charge is 0.375 e. The Hall–Kier alpha value is -2.69. The lowest BCUT2D eigenvalue weighted by Gasteiger charge is -2.23. The average Bonchev–Trinajstić information content (AvgIpc) is 2.86. The van der Waals surface area contributed by atoms with Crippen molar-refractivity contribution in [3.8, 4) is 0 Å². The van der Waals surface area contributed by atoms with Crippen molar-refractivity contribution in [2.45, 2.75) is 18.6 Å². The molecule has 4 nitrogen and oxygen atoms in total. The Morgan fingerprint density at radius 3 is 2.46 bits per heavy atom. The molecule has 0 aliphatic carbocycles. The summed E-state index contributed by atoms with van der Waals surface area (Å²) in [6, 6.07) is 18.4. The highest BCUT2D eigenvalue weighted by Crippen LogP contribution is 2.43. The van der Waals surface area contributed by atoms with E-state index in [0.717, 1.165) is 11.1 Å². The van der Waals surface area contributed by atoms with E-state index in [1.54, 1.807) is 29.4 Å². The number of carbonyl (C=O) groups is 1. The fourth-order valence-electron chi connectivity index (χ4n) is 3.43. The van der Waals surface area contributed by atoms with Crippen molar-refractivity contribution in [3.05, 3.63) is 94.8 Å². The van der Waals surface area contributed by atoms with Gasteiger partial charge in [-0.05, 0) is 35.4 Å². The highest BCUT2D eigenvalue weighted by atomic mass is 35.5. The van der Waals surface area contributed by atoms with Gasteiger partial charge in [-0.25, -0.2) is 0 Å². The summed E-state index contributed by atoms with van der Waals surface area (Å²) >= 11 is 6.27. The number of para-hydroxylation sites is 1. The molecule has 130 valence electrons. The van der Waals surface area contributed by atoms with Gasteiger partial charge in [0, 0.05) is 29.4 Å². The second-order valence-corrected chi connectivity index (χ2v) is 6.80. The van der Waals surface area contributed by atoms with Crippen LogP contribution < -0.4 is 4.90 Å². The quantitative estimate of drug-likeness (QED) is 0.767. The summed E-state index contributed by atoms with van der Waals surface area (Å²) in [4.78, 5) is 18.8. The molecule has 1 aliphatic rings. The van der Waals surface area contributed by atoms with E-state index in [1.165, 1.54) is 0 Å². The molecule has 0 bridgehead atoms. The number of aliphatic hydroxyl groups is 1. The second kappa shape index (κ2) is 6.56. The minimum absolute atomic E-state index is 0.199. The van der Waals surface area contributed by atoms with Crippen LogP contribution in [0.5, 0.6) is 0 Å². The van der Waals surface area contributed by atoms with Crippen molar-refractivity contribution < 1.29 is 9.90 Å². The number of carbonyl (C=O) groups excluding carboxylic acids is 1. The van der Waals surface area contributed by atoms with Crippen molar-refractivity contribution in [1.82, 2.24) is 4.98 Å². The molecule has 3 aromatic rings. The Labute approximate surface area is 156 Å². The van der Waals surface area contributed by atoms with Gasteiger partial charge in [-0.15, -0.1) is 0 Å². The molecule has 1 aliphatic heterocycles. The topological polar surface area (TPSA) is 53.4 Å². The maximum atomic E-state index is 13.2. The van der Waals surface area contributed by atoms with Crippen molar-refractivity contribution in [2.24, 2.45) is 0 Å². The summed E-state index contributed by atoms with van der Waals surface area (Å²) in [6.45, 7) is 0.314. The lowest BCUT2D eigenvalue weighted by Crippen LogP contribution is -2.41. The number of amides is 1. The summed E-state index contributed by atoms with van der Waals surface area (Å²) < 4.78 is 0. The molecular formula is C21H17ClN2O2. The maximum Gasteiger partial charge on any atom is 0.264 e. The third-order valence-electron chi connectivity index (χ3n) is 4.73. The van der Waals surface area contributed by atoms with Gasteiger partial charge < -0.3 is 10.0 Å². The van der Waals surface area contributed by atoms with Gasteiger partial charge in [-0.3, -0.25) is 9.78 Å². The Balaban J connectivity index is 1.74. The zero-order valence-corrected chi connectivity index (χ0v) is 14.7. The minimum Gasteiger partial charge on any atom is -0.375 e. The van der Waals surface area contributed by atoms with Crippen molar-refractivity contribution >= 4 is 23.2 Å². The number of pyridine rings is 1. The lowest BCUT2D eigenvalue weighted by atomic mass is 9.89. The first-order valence-corrected chi connectivity index (χ1v) is 8.73. The van der Waals surface area contributed by atoms with Crippen LogP contribution in [0.25, 0.3) is 0 Å². The molecule has 1 unspecified atom stereocenters. The van der Waals surface area contributed by atoms with Crippen LogP contribution in [0.2, 0.25) is 5.02 Å². The number of rotatable bonds is 4. The monoisotopic (exact) mass is 364 g/mol. The molecule has 0 fully saturated rings. The molecule has 5 heteroatoms. The number of fused-ring (bicyclic) bond motifs is 1. The van der Waals surface area contributed by atoms with E-state index in [2.05, 4.69) is 4.98 Å². The number of aromatic nitrogens is 1. The van der Waals surface area contributed by atoms with E-state index in [9.17, 15) is 9.90 Å². The number of halogens is 1. The van der Waals surface area contributed by atoms with Gasteiger partial charge in [0.1, 0.15) is 0 Å². The summed E-state index contributed by atoms with van der Waals surface area (Å²) in [6.07, 6.45) is 3.52. The van der Waals surface area contributed by atoms with Gasteiger partial charge >= 0.3 is 0 Å². The Kier molecular flexibility index (Phi) is 4.23. The molecule has 2 heterocycles. The zero-order valence-electron chi connectivity index (χ0n) is 14.0. The minimum atomic E-state index is -1.60. The van der Waals surface area contributed by atoms with E-state index >= 15 is 0 Å². The van der Waals surface area contributed by atoms with Crippen LogP contribution in [-0.2, 0) is 23.4 Å². The number of anilines is 1. The van der Waals surface area contributed by atoms with Gasteiger partial charge in [0.2, 0.25) is 0 Å². The Morgan fingerprint density at radius 2 is 1.69 bits per heavy atom. The summed E-state index contributed by atoms with van der Waals surface area (Å²) in [5.41, 5.74) is 1.43. The number of hydrogen-bond acceptors (Lipinski definition) is 3. The molecule has 4 rings (SSSR count). The molecule has 0 radical (unpaired) electrons. The zero-order chi connectivity index (χ0) is 18.1. The van der Waals surface area contributed by atoms with Crippen LogP contribution in [0.15, 0.2) is 73.1 Å². The third kappa shape index (κ3) is 2.77. The van der Waals surface area contributed by atoms with Crippen LogP contribution in [-0.4, -0.2) is 16.0 Å². The van der Waals surface area contributed by atoms with E-state index in [0.29, 0.717) is 22.8 Å². The fourth-order valence-corrected chi connectivity index (χ4v) is 3.62. The summed E-state index contributed by atoms with van der Waals surface area (Å²) in [7, 11) is 0. The van der Waals surface area contributed by atoms with Crippen molar-refractivity contribution in [2.75, 3.05) is 4.90 Å². The number of benzene rings is 2. The highest BCUT2D eigenvalue weighted by molar-refractivity contribution is 6.31. The van der Waals surface area contributed by atoms with Crippen LogP contribution in [0, 0.1) is 0 Å². The maximum absolute atomic E-state index is 13.2. The standard InChI is InChI=1S/C21H17ClN2O2/c22-18-7-3-1-5-16(18)14-24-19-8-4-2-6-17(19)21(26,20(24)25)13-15-9-11-23-12-10-15/h1-12,26H,13-14H2. The molecule has 0 spiro atoms. The molecule has 2 aromatic carbocycles. The summed E-state index contributed by atoms with van der Waals surface area (Å²) in [5.74, 6) is -0.338. The normalized spacial score (nSPS) is 18.8. The molecule has 1 N–H and O–H groups in total. The molecule has 0 saturated carbocycles. The predicted molar refractivity (Wildman–Crippen MR) is 101 cm³/mol. The van der Waals surface area contributed by atoms with Gasteiger partial charge in [0.25, 0.3) is 5.91 Å². The van der Waals surface area contributed by atoms with Gasteiger partial charge in [0.05, 0.1) is 12.2 Å². The molecule has 1 amide bonds. The molecular weight excluding hydrogens is 348 g/mol. The first-order valence-electron chi connectivity index (χ1n) is 8.36. The highest BCUT2D eigenvalue weighted by Gasteiger charge is 2.49.